The van der Waals surface area contributed by atoms with Crippen LogP contribution in [0.1, 0.15) is 27.4 Å². The molecule has 3 heterocycles. The second-order valence-corrected chi connectivity index (χ2v) is 9.14. The molecule has 7 heteroatoms. The standard InChI is InChI=1S/C28H26N2O4S/c1-32-22-11-10-21(26(15-22)33-2)18-29(19-23-9-6-13-34-23)28(31)25-16-27-24(12-14-35-27)30(25)17-20-7-4-3-5-8-20/h3-16H,17-19H2,1-2H3. The average molecular weight is 487 g/mol. The maximum absolute atomic E-state index is 14.1. The quantitative estimate of drug-likeness (QED) is 0.249. The molecule has 0 spiro atoms. The van der Waals surface area contributed by atoms with Crippen molar-refractivity contribution in [2.24, 2.45) is 0 Å². The van der Waals surface area contributed by atoms with Crippen molar-refractivity contribution in [3.8, 4) is 11.5 Å². The Balaban J connectivity index is 1.53. The number of amides is 1. The van der Waals surface area contributed by atoms with E-state index in [9.17, 15) is 4.79 Å². The zero-order chi connectivity index (χ0) is 24.2. The zero-order valence-corrected chi connectivity index (χ0v) is 20.5. The lowest BCUT2D eigenvalue weighted by Crippen LogP contribution is -2.32. The van der Waals surface area contributed by atoms with Gasteiger partial charge in [0.2, 0.25) is 0 Å². The van der Waals surface area contributed by atoms with Gasteiger partial charge in [-0.1, -0.05) is 30.3 Å². The zero-order valence-electron chi connectivity index (χ0n) is 19.6. The van der Waals surface area contributed by atoms with Crippen LogP contribution in [0.5, 0.6) is 11.5 Å². The van der Waals surface area contributed by atoms with E-state index < -0.39 is 0 Å². The van der Waals surface area contributed by atoms with E-state index in [4.69, 9.17) is 13.9 Å². The first-order chi connectivity index (χ1) is 17.2. The molecule has 5 rings (SSSR count). The molecular formula is C28H26N2O4S. The van der Waals surface area contributed by atoms with Crippen molar-refractivity contribution < 1.29 is 18.7 Å². The summed E-state index contributed by atoms with van der Waals surface area (Å²) in [6, 6.07) is 23.6. The molecule has 5 aromatic rings. The topological polar surface area (TPSA) is 56.8 Å². The molecule has 1 amide bonds. The number of methoxy groups -OCH3 is 2. The molecule has 0 aliphatic rings. The van der Waals surface area contributed by atoms with E-state index in [1.165, 1.54) is 0 Å². The fourth-order valence-electron chi connectivity index (χ4n) is 4.23. The van der Waals surface area contributed by atoms with Crippen LogP contribution in [0.4, 0.5) is 0 Å². The monoisotopic (exact) mass is 486 g/mol. The number of ether oxygens (including phenoxy) is 2. The predicted molar refractivity (Wildman–Crippen MR) is 137 cm³/mol. The number of nitrogens with zero attached hydrogens (tertiary/aromatic N) is 2. The number of aromatic nitrogens is 1. The van der Waals surface area contributed by atoms with Crippen molar-refractivity contribution in [3.05, 3.63) is 107 Å². The number of benzene rings is 2. The Bertz CT molecular complexity index is 1420. The lowest BCUT2D eigenvalue weighted by Gasteiger charge is -2.24. The molecule has 0 bridgehead atoms. The van der Waals surface area contributed by atoms with Crippen molar-refractivity contribution in [1.82, 2.24) is 9.47 Å². The fraction of sp³-hybridized carbons (Fsp3) is 0.179. The number of carbonyl (C=O) groups excluding carboxylic acids is 1. The molecule has 0 aliphatic heterocycles. The van der Waals surface area contributed by atoms with E-state index in [2.05, 4.69) is 28.1 Å². The highest BCUT2D eigenvalue weighted by atomic mass is 32.1. The van der Waals surface area contributed by atoms with Crippen LogP contribution in [0.2, 0.25) is 0 Å². The van der Waals surface area contributed by atoms with E-state index in [0.29, 0.717) is 42.6 Å². The Morgan fingerprint density at radius 3 is 2.57 bits per heavy atom. The van der Waals surface area contributed by atoms with Crippen LogP contribution in [0, 0.1) is 0 Å². The summed E-state index contributed by atoms with van der Waals surface area (Å²) in [4.78, 5) is 15.9. The second-order valence-electron chi connectivity index (χ2n) is 8.19. The van der Waals surface area contributed by atoms with Crippen molar-refractivity contribution in [3.63, 3.8) is 0 Å². The van der Waals surface area contributed by atoms with Gasteiger partial charge in [-0.25, -0.2) is 0 Å². The van der Waals surface area contributed by atoms with Gasteiger partial charge in [0.25, 0.3) is 5.91 Å². The first kappa shape index (κ1) is 22.8. The first-order valence-corrected chi connectivity index (χ1v) is 12.2. The van der Waals surface area contributed by atoms with Crippen molar-refractivity contribution in [2.45, 2.75) is 19.6 Å². The number of fused-ring (bicyclic) bond motifs is 1. The smallest absolute Gasteiger partial charge is 0.271 e. The maximum Gasteiger partial charge on any atom is 0.271 e. The number of thiophene rings is 1. The summed E-state index contributed by atoms with van der Waals surface area (Å²) in [6.07, 6.45) is 1.63. The molecule has 0 saturated heterocycles. The van der Waals surface area contributed by atoms with Crippen LogP contribution in [0.25, 0.3) is 10.2 Å². The summed E-state index contributed by atoms with van der Waals surface area (Å²) in [5.41, 5.74) is 3.73. The van der Waals surface area contributed by atoms with E-state index in [0.717, 1.165) is 21.3 Å². The molecule has 0 aliphatic carbocycles. The highest BCUT2D eigenvalue weighted by molar-refractivity contribution is 7.17. The largest absolute Gasteiger partial charge is 0.497 e. The van der Waals surface area contributed by atoms with E-state index in [-0.39, 0.29) is 5.91 Å². The Morgan fingerprint density at radius 2 is 1.83 bits per heavy atom. The number of rotatable bonds is 9. The average Bonchev–Trinajstić information content (AvgIpc) is 3.63. The molecule has 35 heavy (non-hydrogen) atoms. The molecule has 0 N–H and O–H groups in total. The number of carbonyl (C=O) groups is 1. The summed E-state index contributed by atoms with van der Waals surface area (Å²) in [5.74, 6) is 2.01. The molecular weight excluding hydrogens is 460 g/mol. The van der Waals surface area contributed by atoms with Gasteiger partial charge in [0.1, 0.15) is 23.0 Å². The van der Waals surface area contributed by atoms with Crippen LogP contribution in [-0.4, -0.2) is 29.6 Å². The van der Waals surface area contributed by atoms with Gasteiger partial charge < -0.3 is 23.4 Å². The van der Waals surface area contributed by atoms with Crippen LogP contribution in [-0.2, 0) is 19.6 Å². The van der Waals surface area contributed by atoms with Crippen LogP contribution < -0.4 is 9.47 Å². The molecule has 2 aromatic carbocycles. The summed E-state index contributed by atoms with van der Waals surface area (Å²) in [5, 5.41) is 2.06. The third-order valence-electron chi connectivity index (χ3n) is 5.99. The normalized spacial score (nSPS) is 11.0. The van der Waals surface area contributed by atoms with Gasteiger partial charge in [-0.15, -0.1) is 11.3 Å². The maximum atomic E-state index is 14.1. The fourth-order valence-corrected chi connectivity index (χ4v) is 5.05. The minimum absolute atomic E-state index is 0.0707. The third kappa shape index (κ3) is 4.81. The molecule has 0 radical (unpaired) electrons. The summed E-state index contributed by atoms with van der Waals surface area (Å²) in [6.45, 7) is 1.31. The first-order valence-electron chi connectivity index (χ1n) is 11.3. The van der Waals surface area contributed by atoms with E-state index in [1.54, 1.807) is 36.7 Å². The van der Waals surface area contributed by atoms with Gasteiger partial charge in [-0.05, 0) is 47.3 Å². The van der Waals surface area contributed by atoms with Gasteiger partial charge in [0.15, 0.2) is 0 Å². The highest BCUT2D eigenvalue weighted by Gasteiger charge is 2.24. The SMILES string of the molecule is COc1ccc(CN(Cc2ccco2)C(=O)c2cc3sccc3n2Cc2ccccc2)c(OC)c1. The summed E-state index contributed by atoms with van der Waals surface area (Å²) < 4.78 is 19.7. The van der Waals surface area contributed by atoms with Crippen molar-refractivity contribution in [1.29, 1.82) is 0 Å². The predicted octanol–water partition coefficient (Wildman–Crippen LogP) is 6.20. The van der Waals surface area contributed by atoms with E-state index in [1.807, 2.05) is 54.6 Å². The summed E-state index contributed by atoms with van der Waals surface area (Å²) in [7, 11) is 3.24. The Labute approximate surface area is 207 Å². The minimum Gasteiger partial charge on any atom is -0.497 e. The van der Waals surface area contributed by atoms with Crippen LogP contribution >= 0.6 is 11.3 Å². The molecule has 0 fully saturated rings. The lowest BCUT2D eigenvalue weighted by molar-refractivity contribution is 0.0706. The molecule has 0 atom stereocenters. The van der Waals surface area contributed by atoms with Gasteiger partial charge in [0, 0.05) is 18.2 Å². The number of hydrogen-bond acceptors (Lipinski definition) is 5. The molecule has 178 valence electrons. The molecule has 6 nitrogen and oxygen atoms in total. The Hall–Kier alpha value is -3.97. The Morgan fingerprint density at radius 1 is 0.971 bits per heavy atom. The Kier molecular flexibility index (Phi) is 6.59. The molecule has 3 aromatic heterocycles. The van der Waals surface area contributed by atoms with Gasteiger partial charge in [-0.3, -0.25) is 4.79 Å². The van der Waals surface area contributed by atoms with Gasteiger partial charge >= 0.3 is 0 Å². The van der Waals surface area contributed by atoms with Crippen LogP contribution in [0.15, 0.2) is 88.9 Å². The number of furan rings is 1. The molecule has 0 saturated carbocycles. The molecule has 0 unspecified atom stereocenters. The third-order valence-corrected chi connectivity index (χ3v) is 6.85. The van der Waals surface area contributed by atoms with E-state index >= 15 is 0 Å². The van der Waals surface area contributed by atoms with Crippen molar-refractivity contribution >= 4 is 27.5 Å². The highest BCUT2D eigenvalue weighted by Crippen LogP contribution is 2.30. The second kappa shape index (κ2) is 10.1. The number of hydrogen-bond donors (Lipinski definition) is 0. The summed E-state index contributed by atoms with van der Waals surface area (Å²) >= 11 is 1.64. The lowest BCUT2D eigenvalue weighted by atomic mass is 10.1. The van der Waals surface area contributed by atoms with Crippen molar-refractivity contribution in [2.75, 3.05) is 14.2 Å². The van der Waals surface area contributed by atoms with Gasteiger partial charge in [0.05, 0.1) is 43.8 Å². The minimum atomic E-state index is -0.0707. The van der Waals surface area contributed by atoms with Crippen LogP contribution in [0.3, 0.4) is 0 Å². The van der Waals surface area contributed by atoms with Gasteiger partial charge in [-0.2, -0.15) is 0 Å².